The molecule has 1 atom stereocenters. The smallest absolute Gasteiger partial charge is 0.152 e. The van der Waals surface area contributed by atoms with Crippen LogP contribution in [0.4, 0.5) is 11.4 Å². The largest absolute Gasteiger partial charge is 0.495 e. The third-order valence-corrected chi connectivity index (χ3v) is 7.66. The van der Waals surface area contributed by atoms with Crippen molar-refractivity contribution in [2.24, 2.45) is 5.73 Å². The first-order valence-corrected chi connectivity index (χ1v) is 13.9. The van der Waals surface area contributed by atoms with E-state index in [1.807, 2.05) is 31.3 Å². The van der Waals surface area contributed by atoms with Gasteiger partial charge in [0.1, 0.15) is 11.5 Å². The molecule has 2 aromatic carbocycles. The van der Waals surface area contributed by atoms with Crippen LogP contribution in [0.5, 0.6) is 11.5 Å². The molecule has 0 amide bonds. The number of nitrogens with zero attached hydrogens (tertiary/aromatic N) is 2. The highest BCUT2D eigenvalue weighted by atomic mass is 16.5. The summed E-state index contributed by atoms with van der Waals surface area (Å²) in [5.74, 6) is 4.47. The van der Waals surface area contributed by atoms with Gasteiger partial charge in [-0.15, -0.1) is 0 Å². The van der Waals surface area contributed by atoms with Gasteiger partial charge in [-0.3, -0.25) is 10.2 Å². The fourth-order valence-corrected chi connectivity index (χ4v) is 5.55. The molecule has 1 unspecified atom stereocenters. The Kier molecular flexibility index (Phi) is 8.99. The molecule has 0 spiro atoms. The highest BCUT2D eigenvalue weighted by Gasteiger charge is 2.26. The maximum absolute atomic E-state index is 5.78. The number of rotatable bonds is 8. The minimum Gasteiger partial charge on any atom is -0.495 e. The average molecular weight is 533 g/mol. The number of nitrogens with two attached hydrogens (primary N) is 1. The van der Waals surface area contributed by atoms with Gasteiger partial charge in [-0.25, -0.2) is 0 Å². The summed E-state index contributed by atoms with van der Waals surface area (Å²) in [7, 11) is 1.73. The molecule has 5 N–H and O–H groups in total. The molecule has 0 bridgehead atoms. The third kappa shape index (κ3) is 6.53. The molecule has 0 saturated carbocycles. The van der Waals surface area contributed by atoms with Crippen molar-refractivity contribution < 1.29 is 14.2 Å². The molecule has 2 fully saturated rings. The topological polar surface area (TPSA) is 96.3 Å². The highest BCUT2D eigenvalue weighted by molar-refractivity contribution is 5.71. The van der Waals surface area contributed by atoms with Crippen LogP contribution in [0.3, 0.4) is 0 Å². The number of anilines is 2. The van der Waals surface area contributed by atoms with Crippen LogP contribution >= 0.6 is 0 Å². The molecule has 0 aliphatic carbocycles. The van der Waals surface area contributed by atoms with E-state index in [0.717, 1.165) is 73.3 Å². The van der Waals surface area contributed by atoms with Crippen LogP contribution < -0.4 is 36.1 Å². The summed E-state index contributed by atoms with van der Waals surface area (Å²) in [4.78, 5) is 5.07. The van der Waals surface area contributed by atoms with Crippen LogP contribution in [0.25, 0.3) is 5.57 Å². The maximum atomic E-state index is 5.78. The van der Waals surface area contributed by atoms with Crippen LogP contribution in [0.2, 0.25) is 0 Å². The van der Waals surface area contributed by atoms with Gasteiger partial charge in [0.05, 0.1) is 38.2 Å². The number of ether oxygens (including phenoxy) is 3. The number of hydrogen-bond donors (Lipinski definition) is 4. The zero-order valence-corrected chi connectivity index (χ0v) is 23.0. The molecule has 3 aliphatic rings. The van der Waals surface area contributed by atoms with Gasteiger partial charge in [-0.1, -0.05) is 6.07 Å². The second-order valence-corrected chi connectivity index (χ2v) is 9.96. The number of nitrogens with one attached hydrogen (secondary N) is 3. The summed E-state index contributed by atoms with van der Waals surface area (Å²) in [5.41, 5.74) is 10.5. The Bertz CT molecular complexity index is 1210. The molecule has 0 radical (unpaired) electrons. The van der Waals surface area contributed by atoms with E-state index in [4.69, 9.17) is 19.9 Å². The molecular formula is C30H40N6O3. The predicted molar refractivity (Wildman–Crippen MR) is 156 cm³/mol. The van der Waals surface area contributed by atoms with Gasteiger partial charge in [-0.2, -0.15) is 0 Å². The van der Waals surface area contributed by atoms with E-state index in [1.54, 1.807) is 7.11 Å². The van der Waals surface area contributed by atoms with Crippen molar-refractivity contribution >= 4 is 16.9 Å². The second-order valence-electron chi connectivity index (χ2n) is 9.96. The molecule has 2 aromatic rings. The molecule has 0 aromatic heterocycles. The van der Waals surface area contributed by atoms with E-state index in [1.165, 1.54) is 18.5 Å². The number of morpholine rings is 1. The van der Waals surface area contributed by atoms with Gasteiger partial charge in [0.25, 0.3) is 0 Å². The lowest BCUT2D eigenvalue weighted by molar-refractivity contribution is 0.0115. The first-order valence-electron chi connectivity index (χ1n) is 13.9. The molecule has 5 rings (SSSR count). The first-order chi connectivity index (χ1) is 19.2. The molecule has 2 saturated heterocycles. The lowest BCUT2D eigenvalue weighted by Gasteiger charge is -2.41. The molecule has 208 valence electrons. The second kappa shape index (κ2) is 13.0. The van der Waals surface area contributed by atoms with Crippen LogP contribution in [0.1, 0.15) is 30.9 Å². The zero-order chi connectivity index (χ0) is 27.0. The van der Waals surface area contributed by atoms with E-state index in [9.17, 15) is 0 Å². The van der Waals surface area contributed by atoms with E-state index in [-0.39, 0.29) is 6.29 Å². The molecule has 9 heteroatoms. The van der Waals surface area contributed by atoms with Crippen LogP contribution in [0.15, 0.2) is 42.6 Å². The van der Waals surface area contributed by atoms with Gasteiger partial charge in [0.15, 0.2) is 6.29 Å². The Hall–Kier alpha value is -3.58. The Labute approximate surface area is 231 Å². The van der Waals surface area contributed by atoms with Gasteiger partial charge in [0, 0.05) is 62.8 Å². The highest BCUT2D eigenvalue weighted by Crippen LogP contribution is 2.32. The van der Waals surface area contributed by atoms with Crippen molar-refractivity contribution in [2.75, 3.05) is 69.9 Å². The van der Waals surface area contributed by atoms with E-state index < -0.39 is 0 Å². The normalized spacial score (nSPS) is 20.3. The standard InChI is InChI=1S/C30H40N6O3/c1-3-39-28-18-23(5-4-22(28)8-11-31)24-20-32-30(33-21-24)34-27-7-6-26(19-29(27)37-2)35-12-9-25(10-13-35)36-14-16-38-17-15-36/h4-7,18-20,25,30,32-34H,3,9-10,12-17,21,31H2,1-2H3. The third-order valence-electron chi connectivity index (χ3n) is 7.66. The Balaban J connectivity index is 1.19. The van der Waals surface area contributed by atoms with Crippen molar-refractivity contribution in [3.05, 3.63) is 53.7 Å². The van der Waals surface area contributed by atoms with Gasteiger partial charge >= 0.3 is 0 Å². The van der Waals surface area contributed by atoms with E-state index in [0.29, 0.717) is 19.2 Å². The molecule has 3 heterocycles. The first kappa shape index (κ1) is 27.0. The van der Waals surface area contributed by atoms with Gasteiger partial charge < -0.3 is 35.5 Å². The fourth-order valence-electron chi connectivity index (χ4n) is 5.55. The maximum Gasteiger partial charge on any atom is 0.152 e. The average Bonchev–Trinajstić information content (AvgIpc) is 2.99. The summed E-state index contributed by atoms with van der Waals surface area (Å²) in [6.07, 6.45) is 4.27. The van der Waals surface area contributed by atoms with Crippen LogP contribution in [-0.2, 0) is 4.74 Å². The van der Waals surface area contributed by atoms with Gasteiger partial charge in [0.2, 0.25) is 0 Å². The Morgan fingerprint density at radius 3 is 2.59 bits per heavy atom. The Morgan fingerprint density at radius 1 is 1.08 bits per heavy atom. The Morgan fingerprint density at radius 2 is 1.90 bits per heavy atom. The van der Waals surface area contributed by atoms with Gasteiger partial charge in [-0.05, 0) is 61.1 Å². The van der Waals surface area contributed by atoms with Crippen molar-refractivity contribution in [3.63, 3.8) is 0 Å². The summed E-state index contributed by atoms with van der Waals surface area (Å²) in [6.45, 7) is 9.17. The quantitative estimate of drug-likeness (QED) is 0.302. The molecule has 9 nitrogen and oxygen atoms in total. The van der Waals surface area contributed by atoms with Crippen molar-refractivity contribution in [3.8, 4) is 23.5 Å². The molecule has 39 heavy (non-hydrogen) atoms. The number of hydrogen-bond acceptors (Lipinski definition) is 9. The summed E-state index contributed by atoms with van der Waals surface area (Å²) in [5, 5.41) is 10.5. The molecule has 3 aliphatic heterocycles. The SMILES string of the molecule is CCOc1cc(C2=CNC(Nc3ccc(N4CCC(N5CCOCC5)CC4)cc3OC)NC2)ccc1C#CN. The van der Waals surface area contributed by atoms with Crippen LogP contribution in [0, 0.1) is 12.0 Å². The number of piperidine rings is 1. The lowest BCUT2D eigenvalue weighted by Crippen LogP contribution is -2.49. The minimum atomic E-state index is -0.133. The summed E-state index contributed by atoms with van der Waals surface area (Å²) >= 11 is 0. The fraction of sp³-hybridized carbons (Fsp3) is 0.467. The summed E-state index contributed by atoms with van der Waals surface area (Å²) in [6, 6.07) is 15.6. The minimum absolute atomic E-state index is 0.133. The zero-order valence-electron chi connectivity index (χ0n) is 23.0. The lowest BCUT2D eigenvalue weighted by atomic mass is 10.0. The van der Waals surface area contributed by atoms with E-state index >= 15 is 0 Å². The van der Waals surface area contributed by atoms with Crippen molar-refractivity contribution in [2.45, 2.75) is 32.1 Å². The monoisotopic (exact) mass is 532 g/mol. The van der Waals surface area contributed by atoms with E-state index in [2.05, 4.69) is 55.9 Å². The number of methoxy groups -OCH3 is 1. The predicted octanol–water partition coefficient (Wildman–Crippen LogP) is 2.59. The van der Waals surface area contributed by atoms with Crippen molar-refractivity contribution in [1.29, 1.82) is 0 Å². The number of benzene rings is 2. The van der Waals surface area contributed by atoms with Crippen LogP contribution in [-0.4, -0.2) is 76.9 Å². The molecular weight excluding hydrogens is 492 g/mol. The van der Waals surface area contributed by atoms with Crippen molar-refractivity contribution in [1.82, 2.24) is 15.5 Å². The summed E-state index contributed by atoms with van der Waals surface area (Å²) < 4.78 is 17.1.